The van der Waals surface area contributed by atoms with Gasteiger partial charge in [-0.2, -0.15) is 0 Å². The van der Waals surface area contributed by atoms with Crippen molar-refractivity contribution < 1.29 is 9.53 Å². The molecule has 0 atom stereocenters. The minimum absolute atomic E-state index is 0.0243. The third-order valence-electron chi connectivity index (χ3n) is 6.71. The van der Waals surface area contributed by atoms with E-state index in [9.17, 15) is 9.59 Å². The van der Waals surface area contributed by atoms with Gasteiger partial charge in [0.15, 0.2) is 4.34 Å². The molecule has 0 saturated carbocycles. The second-order valence-electron chi connectivity index (χ2n) is 9.48. The van der Waals surface area contributed by atoms with Crippen LogP contribution in [0.2, 0.25) is 0 Å². The molecule has 0 fully saturated rings. The summed E-state index contributed by atoms with van der Waals surface area (Å²) in [6.07, 6.45) is 1.65. The van der Waals surface area contributed by atoms with E-state index in [2.05, 4.69) is 15.5 Å². The van der Waals surface area contributed by atoms with Crippen LogP contribution in [0, 0.1) is 12.3 Å². The van der Waals surface area contributed by atoms with Gasteiger partial charge in [0.05, 0.1) is 24.6 Å². The van der Waals surface area contributed by atoms with E-state index in [0.717, 1.165) is 22.4 Å². The number of amides is 1. The smallest absolute Gasteiger partial charge is 0.267 e. The van der Waals surface area contributed by atoms with Crippen LogP contribution in [0.3, 0.4) is 0 Å². The quantitative estimate of drug-likeness (QED) is 0.146. The number of carbonyl (C=O) groups is 1. The summed E-state index contributed by atoms with van der Waals surface area (Å²) in [4.78, 5) is 32.0. The standard InChI is InChI=1S/C30H25N7O3S2/c1-18-7-6-14-36-25(18)32-26-23(28(36)39)15-22(24(31)37(26)16-19-10-12-21(40-2)13-11-19)27(38)33-29-34-35-30(42-29)41-17-20-8-4-3-5-9-20/h3-15,31H,16-17H2,1-2H3,(H,33,34,38). The number of thioether (sulfide) groups is 1. The summed E-state index contributed by atoms with van der Waals surface area (Å²) in [6.45, 7) is 2.09. The average Bonchev–Trinajstić information content (AvgIpc) is 3.46. The van der Waals surface area contributed by atoms with Crippen molar-refractivity contribution in [3.05, 3.63) is 117 Å². The Hall–Kier alpha value is -4.81. The molecule has 1 amide bonds. The van der Waals surface area contributed by atoms with Crippen LogP contribution in [-0.2, 0) is 12.3 Å². The van der Waals surface area contributed by atoms with Crippen LogP contribution < -0.4 is 21.1 Å². The van der Waals surface area contributed by atoms with Gasteiger partial charge in [0.25, 0.3) is 11.5 Å². The minimum atomic E-state index is -0.560. The number of fused-ring (bicyclic) bond motifs is 2. The largest absolute Gasteiger partial charge is 0.497 e. The van der Waals surface area contributed by atoms with Crippen LogP contribution in [-0.4, -0.2) is 37.2 Å². The first-order chi connectivity index (χ1) is 20.4. The van der Waals surface area contributed by atoms with Gasteiger partial charge in [0.1, 0.15) is 22.5 Å². The minimum Gasteiger partial charge on any atom is -0.497 e. The Kier molecular flexibility index (Phi) is 7.55. The molecule has 0 aliphatic carbocycles. The van der Waals surface area contributed by atoms with E-state index in [0.29, 0.717) is 26.5 Å². The zero-order valence-electron chi connectivity index (χ0n) is 22.7. The summed E-state index contributed by atoms with van der Waals surface area (Å²) >= 11 is 2.78. The first-order valence-electron chi connectivity index (χ1n) is 13.0. The maximum Gasteiger partial charge on any atom is 0.267 e. The lowest BCUT2D eigenvalue weighted by Crippen LogP contribution is -2.32. The van der Waals surface area contributed by atoms with Gasteiger partial charge in [-0.15, -0.1) is 10.2 Å². The molecule has 0 saturated heterocycles. The molecule has 2 aromatic carbocycles. The van der Waals surface area contributed by atoms with E-state index < -0.39 is 5.91 Å². The first-order valence-corrected chi connectivity index (χ1v) is 14.8. The van der Waals surface area contributed by atoms with E-state index >= 15 is 0 Å². The van der Waals surface area contributed by atoms with Crippen molar-refractivity contribution in [3.8, 4) is 5.75 Å². The number of hydrogen-bond donors (Lipinski definition) is 2. The molecule has 42 heavy (non-hydrogen) atoms. The number of aromatic nitrogens is 5. The van der Waals surface area contributed by atoms with Crippen LogP contribution >= 0.6 is 23.1 Å². The van der Waals surface area contributed by atoms with Gasteiger partial charge in [0, 0.05) is 11.9 Å². The molecule has 6 rings (SSSR count). The fraction of sp³-hybridized carbons (Fsp3) is 0.133. The number of ether oxygens (including phenoxy) is 1. The van der Waals surface area contributed by atoms with Crippen LogP contribution in [0.1, 0.15) is 27.0 Å². The number of aryl methyl sites for hydroxylation is 1. The van der Waals surface area contributed by atoms with Crippen molar-refractivity contribution in [1.29, 1.82) is 5.41 Å². The number of hydrogen-bond acceptors (Lipinski definition) is 9. The second kappa shape index (κ2) is 11.6. The number of carbonyl (C=O) groups excluding carboxylic acids is 1. The van der Waals surface area contributed by atoms with Gasteiger partial charge >= 0.3 is 0 Å². The van der Waals surface area contributed by atoms with Crippen molar-refractivity contribution in [3.63, 3.8) is 0 Å². The highest BCUT2D eigenvalue weighted by molar-refractivity contribution is 8.00. The van der Waals surface area contributed by atoms with Gasteiger partial charge < -0.3 is 9.30 Å². The van der Waals surface area contributed by atoms with Gasteiger partial charge in [0.2, 0.25) is 5.13 Å². The Morgan fingerprint density at radius 1 is 1.02 bits per heavy atom. The molecule has 210 valence electrons. The van der Waals surface area contributed by atoms with Crippen molar-refractivity contribution in [2.24, 2.45) is 0 Å². The molecule has 2 N–H and O–H groups in total. The maximum atomic E-state index is 13.6. The number of pyridine rings is 2. The number of nitrogens with one attached hydrogen (secondary N) is 2. The number of methoxy groups -OCH3 is 1. The zero-order chi connectivity index (χ0) is 29.2. The van der Waals surface area contributed by atoms with Crippen LogP contribution in [0.5, 0.6) is 5.75 Å². The molecule has 0 radical (unpaired) electrons. The van der Waals surface area contributed by atoms with Crippen LogP contribution in [0.4, 0.5) is 5.13 Å². The maximum absolute atomic E-state index is 13.6. The molecule has 0 bridgehead atoms. The Balaban J connectivity index is 1.38. The SMILES string of the molecule is COc1ccc(Cn2c(=N)c(C(=O)Nc3nnc(SCc4ccccc4)s3)cc3c(=O)n4cccc(C)c4nc32)cc1. The highest BCUT2D eigenvalue weighted by Crippen LogP contribution is 2.28. The molecule has 0 aliphatic heterocycles. The predicted molar refractivity (Wildman–Crippen MR) is 164 cm³/mol. The molecule has 4 aromatic heterocycles. The number of nitrogens with zero attached hydrogens (tertiary/aromatic N) is 5. The Morgan fingerprint density at radius 2 is 1.81 bits per heavy atom. The fourth-order valence-corrected chi connectivity index (χ4v) is 6.24. The van der Waals surface area contributed by atoms with E-state index in [1.165, 1.54) is 33.6 Å². The van der Waals surface area contributed by atoms with Crippen LogP contribution in [0.25, 0.3) is 16.7 Å². The lowest BCUT2D eigenvalue weighted by molar-refractivity contribution is 0.102. The van der Waals surface area contributed by atoms with Crippen molar-refractivity contribution in [2.75, 3.05) is 12.4 Å². The molecular weight excluding hydrogens is 571 g/mol. The summed E-state index contributed by atoms with van der Waals surface area (Å²) in [5, 5.41) is 20.6. The third kappa shape index (κ3) is 5.41. The van der Waals surface area contributed by atoms with Gasteiger partial charge in [-0.3, -0.25) is 24.7 Å². The number of benzene rings is 2. The van der Waals surface area contributed by atoms with Gasteiger partial charge in [-0.25, -0.2) is 4.98 Å². The Morgan fingerprint density at radius 3 is 2.57 bits per heavy atom. The predicted octanol–water partition coefficient (Wildman–Crippen LogP) is 4.89. The summed E-state index contributed by atoms with van der Waals surface area (Å²) < 4.78 is 9.02. The van der Waals surface area contributed by atoms with Gasteiger partial charge in [-0.1, -0.05) is 71.6 Å². The number of anilines is 1. The van der Waals surface area contributed by atoms with E-state index in [-0.39, 0.29) is 28.5 Å². The van der Waals surface area contributed by atoms with Crippen LogP contribution in [0.15, 0.2) is 88.1 Å². The first kappa shape index (κ1) is 27.4. The molecule has 4 heterocycles. The molecule has 12 heteroatoms. The third-order valence-corrected chi connectivity index (χ3v) is 8.75. The highest BCUT2D eigenvalue weighted by atomic mass is 32.2. The molecule has 6 aromatic rings. The molecule has 10 nitrogen and oxygen atoms in total. The Labute approximate surface area is 248 Å². The summed E-state index contributed by atoms with van der Waals surface area (Å²) in [5.41, 5.74) is 3.25. The summed E-state index contributed by atoms with van der Waals surface area (Å²) in [6, 6.07) is 22.5. The second-order valence-corrected chi connectivity index (χ2v) is 11.7. The van der Waals surface area contributed by atoms with E-state index in [4.69, 9.17) is 15.1 Å². The highest BCUT2D eigenvalue weighted by Gasteiger charge is 2.20. The summed E-state index contributed by atoms with van der Waals surface area (Å²) in [5.74, 6) is 0.861. The lowest BCUT2D eigenvalue weighted by Gasteiger charge is -2.15. The van der Waals surface area contributed by atoms with E-state index in [1.54, 1.807) is 23.9 Å². The van der Waals surface area contributed by atoms with Gasteiger partial charge in [-0.05, 0) is 47.9 Å². The van der Waals surface area contributed by atoms with Crippen molar-refractivity contribution in [2.45, 2.75) is 23.6 Å². The molecular formula is C30H25N7O3S2. The van der Waals surface area contributed by atoms with Crippen molar-refractivity contribution in [1.82, 2.24) is 24.1 Å². The zero-order valence-corrected chi connectivity index (χ0v) is 24.3. The fourth-order valence-electron chi connectivity index (χ4n) is 4.54. The molecule has 0 aliphatic rings. The average molecular weight is 596 g/mol. The monoisotopic (exact) mass is 595 g/mol. The van der Waals surface area contributed by atoms with Crippen molar-refractivity contribution >= 4 is 50.8 Å². The van der Waals surface area contributed by atoms with E-state index in [1.807, 2.05) is 67.6 Å². The normalized spacial score (nSPS) is 11.2. The lowest BCUT2D eigenvalue weighted by atomic mass is 10.1. The molecule has 0 unspecified atom stereocenters. The number of rotatable bonds is 8. The topological polar surface area (TPSA) is 127 Å². The summed E-state index contributed by atoms with van der Waals surface area (Å²) in [7, 11) is 1.59. The molecule has 0 spiro atoms. The Bertz CT molecular complexity index is 2050.